The lowest BCUT2D eigenvalue weighted by molar-refractivity contribution is -0.138. The Balaban J connectivity index is 2.20. The number of rotatable bonds is 3. The molecular weight excluding hydrogens is 422 g/mol. The molecule has 2 nitrogen and oxygen atoms in total. The number of halogens is 6. The molecule has 3 rings (SSSR count). The number of benzene rings is 3. The quantitative estimate of drug-likeness (QED) is 0.321. The van der Waals surface area contributed by atoms with Crippen molar-refractivity contribution in [2.75, 3.05) is 7.11 Å². The lowest BCUT2D eigenvalue weighted by atomic mass is 9.89. The maximum absolute atomic E-state index is 12.9. The summed E-state index contributed by atoms with van der Waals surface area (Å²) in [5.41, 5.74) is 0.338. The third kappa shape index (κ3) is 4.73. The molecule has 0 aliphatic heterocycles. The van der Waals surface area contributed by atoms with Crippen LogP contribution in [0.5, 0.6) is 0 Å². The van der Waals surface area contributed by atoms with E-state index in [2.05, 4.69) is 0 Å². The highest BCUT2D eigenvalue weighted by atomic mass is 19.4. The first kappa shape index (κ1) is 22.4. The topological polar surface area (TPSA) is 26.3 Å². The normalized spacial score (nSPS) is 12.0. The molecule has 0 unspecified atom stereocenters. The van der Waals surface area contributed by atoms with Gasteiger partial charge in [-0.25, -0.2) is 4.79 Å². The Morgan fingerprint density at radius 3 is 1.35 bits per heavy atom. The molecule has 0 amide bonds. The number of aryl methyl sites for hydroxylation is 1. The molecule has 0 N–H and O–H groups in total. The predicted octanol–water partition coefficient (Wildman–Crippen LogP) is 7.15. The summed E-state index contributed by atoms with van der Waals surface area (Å²) in [6.45, 7) is 1.71. The van der Waals surface area contributed by atoms with E-state index in [1.165, 1.54) is 24.3 Å². The minimum absolute atomic E-state index is 0.0487. The average molecular weight is 438 g/mol. The summed E-state index contributed by atoms with van der Waals surface area (Å²) in [4.78, 5) is 12.6. The van der Waals surface area contributed by atoms with Gasteiger partial charge in [0.15, 0.2) is 0 Å². The van der Waals surface area contributed by atoms with E-state index in [0.29, 0.717) is 27.8 Å². The van der Waals surface area contributed by atoms with Gasteiger partial charge in [-0.15, -0.1) is 0 Å². The molecule has 0 aliphatic carbocycles. The van der Waals surface area contributed by atoms with Gasteiger partial charge >= 0.3 is 18.3 Å². The number of alkyl halides is 6. The zero-order valence-corrected chi connectivity index (χ0v) is 16.4. The first-order chi connectivity index (χ1) is 14.4. The van der Waals surface area contributed by atoms with Crippen LogP contribution < -0.4 is 0 Å². The van der Waals surface area contributed by atoms with E-state index in [4.69, 9.17) is 4.74 Å². The van der Waals surface area contributed by atoms with Gasteiger partial charge in [-0.05, 0) is 59.0 Å². The molecule has 0 aromatic heterocycles. The molecule has 162 valence electrons. The monoisotopic (exact) mass is 438 g/mol. The third-order valence-electron chi connectivity index (χ3n) is 4.72. The Morgan fingerprint density at radius 2 is 1.06 bits per heavy atom. The van der Waals surface area contributed by atoms with Crippen molar-refractivity contribution in [3.63, 3.8) is 0 Å². The molecule has 0 aliphatic rings. The minimum atomic E-state index is -4.51. The van der Waals surface area contributed by atoms with Crippen LogP contribution in [0.2, 0.25) is 0 Å². The maximum Gasteiger partial charge on any atom is 0.416 e. The van der Waals surface area contributed by atoms with E-state index in [1.54, 1.807) is 19.1 Å². The smallest absolute Gasteiger partial charge is 0.416 e. The molecule has 0 saturated heterocycles. The van der Waals surface area contributed by atoms with Crippen molar-refractivity contribution in [1.82, 2.24) is 0 Å². The summed E-state index contributed by atoms with van der Waals surface area (Å²) in [5, 5.41) is 0. The lowest BCUT2D eigenvalue weighted by Gasteiger charge is -2.16. The summed E-state index contributed by atoms with van der Waals surface area (Å²) in [6.07, 6.45) is -9.02. The lowest BCUT2D eigenvalue weighted by Crippen LogP contribution is -2.08. The third-order valence-corrected chi connectivity index (χ3v) is 4.72. The van der Waals surface area contributed by atoms with E-state index in [9.17, 15) is 31.1 Å². The summed E-state index contributed by atoms with van der Waals surface area (Å²) in [5.74, 6) is -0.759. The number of hydrogen-bond donors (Lipinski definition) is 0. The van der Waals surface area contributed by atoms with Crippen LogP contribution in [0.3, 0.4) is 0 Å². The number of methoxy groups -OCH3 is 1. The molecule has 31 heavy (non-hydrogen) atoms. The minimum Gasteiger partial charge on any atom is -0.465 e. The largest absolute Gasteiger partial charge is 0.465 e. The highest BCUT2D eigenvalue weighted by Gasteiger charge is 2.31. The van der Waals surface area contributed by atoms with E-state index in [-0.39, 0.29) is 5.56 Å². The van der Waals surface area contributed by atoms with E-state index in [1.807, 2.05) is 0 Å². The van der Waals surface area contributed by atoms with Crippen molar-refractivity contribution in [2.45, 2.75) is 19.3 Å². The highest BCUT2D eigenvalue weighted by Crippen LogP contribution is 2.37. The van der Waals surface area contributed by atoms with Crippen LogP contribution in [0, 0.1) is 6.92 Å². The van der Waals surface area contributed by atoms with Crippen LogP contribution >= 0.6 is 0 Å². The second kappa shape index (κ2) is 8.09. The first-order valence-electron chi connectivity index (χ1n) is 9.00. The molecule has 3 aromatic carbocycles. The Labute approximate surface area is 174 Å². The second-order valence-corrected chi connectivity index (χ2v) is 6.88. The average Bonchev–Trinajstić information content (AvgIpc) is 2.71. The summed E-state index contributed by atoms with van der Waals surface area (Å²) >= 11 is 0. The molecule has 0 atom stereocenters. The van der Waals surface area contributed by atoms with E-state index in [0.717, 1.165) is 31.4 Å². The molecule has 0 bridgehead atoms. The number of esters is 1. The van der Waals surface area contributed by atoms with Crippen LogP contribution in [0.15, 0.2) is 60.7 Å². The molecule has 0 fully saturated rings. The van der Waals surface area contributed by atoms with Gasteiger partial charge in [-0.2, -0.15) is 26.3 Å². The number of carbonyl (C=O) groups is 1. The standard InChI is InChI=1S/C23H16F6O2/c1-13-11-18(14-3-7-16(8-4-14)22(24,25)26)20(21(30)31-2)19(12-13)15-5-9-17(10-6-15)23(27,28)29/h3-12H,1-2H3. The highest BCUT2D eigenvalue weighted by molar-refractivity contribution is 6.04. The van der Waals surface area contributed by atoms with E-state index < -0.39 is 29.4 Å². The van der Waals surface area contributed by atoms with Gasteiger partial charge in [0.2, 0.25) is 0 Å². The molecule has 0 heterocycles. The Morgan fingerprint density at radius 1 is 0.710 bits per heavy atom. The Kier molecular flexibility index (Phi) is 5.85. The van der Waals surface area contributed by atoms with Crippen LogP contribution in [0.25, 0.3) is 22.3 Å². The molecule has 8 heteroatoms. The fourth-order valence-electron chi connectivity index (χ4n) is 3.24. The van der Waals surface area contributed by atoms with Crippen LogP contribution in [0.4, 0.5) is 26.3 Å². The zero-order valence-electron chi connectivity index (χ0n) is 16.4. The summed E-state index contributed by atoms with van der Waals surface area (Å²) < 4.78 is 82.2. The Hall–Kier alpha value is -3.29. The zero-order chi connectivity index (χ0) is 23.0. The second-order valence-electron chi connectivity index (χ2n) is 6.88. The van der Waals surface area contributed by atoms with Crippen molar-refractivity contribution in [3.05, 3.63) is 82.9 Å². The van der Waals surface area contributed by atoms with Crippen LogP contribution in [0.1, 0.15) is 27.0 Å². The van der Waals surface area contributed by atoms with Crippen molar-refractivity contribution in [1.29, 1.82) is 0 Å². The molecular formula is C23H16F6O2. The molecule has 0 spiro atoms. The van der Waals surface area contributed by atoms with Crippen molar-refractivity contribution in [3.8, 4) is 22.3 Å². The predicted molar refractivity (Wildman–Crippen MR) is 103 cm³/mol. The van der Waals surface area contributed by atoms with Crippen molar-refractivity contribution >= 4 is 5.97 Å². The fraction of sp³-hybridized carbons (Fsp3) is 0.174. The Bertz CT molecular complexity index is 1020. The number of carbonyl (C=O) groups excluding carboxylic acids is 1. The van der Waals surface area contributed by atoms with Gasteiger partial charge in [0, 0.05) is 0 Å². The summed E-state index contributed by atoms with van der Waals surface area (Å²) in [6, 6.07) is 11.8. The van der Waals surface area contributed by atoms with Crippen LogP contribution in [-0.2, 0) is 17.1 Å². The SMILES string of the molecule is COC(=O)c1c(-c2ccc(C(F)(F)F)cc2)cc(C)cc1-c1ccc(C(F)(F)F)cc1. The maximum atomic E-state index is 12.9. The van der Waals surface area contributed by atoms with Gasteiger partial charge in [0.05, 0.1) is 23.8 Å². The van der Waals surface area contributed by atoms with Gasteiger partial charge in [0.1, 0.15) is 0 Å². The molecule has 0 saturated carbocycles. The van der Waals surface area contributed by atoms with Gasteiger partial charge < -0.3 is 4.74 Å². The summed E-state index contributed by atoms with van der Waals surface area (Å²) in [7, 11) is 1.15. The van der Waals surface area contributed by atoms with Crippen molar-refractivity contribution in [2.24, 2.45) is 0 Å². The van der Waals surface area contributed by atoms with Gasteiger partial charge in [-0.3, -0.25) is 0 Å². The molecule has 0 radical (unpaired) electrons. The number of hydrogen-bond acceptors (Lipinski definition) is 2. The van der Waals surface area contributed by atoms with Gasteiger partial charge in [-0.1, -0.05) is 36.4 Å². The van der Waals surface area contributed by atoms with Crippen molar-refractivity contribution < 1.29 is 35.9 Å². The van der Waals surface area contributed by atoms with Crippen LogP contribution in [-0.4, -0.2) is 13.1 Å². The first-order valence-corrected chi connectivity index (χ1v) is 9.00. The van der Waals surface area contributed by atoms with E-state index >= 15 is 0 Å². The van der Waals surface area contributed by atoms with Gasteiger partial charge in [0.25, 0.3) is 0 Å². The number of ether oxygens (including phenoxy) is 1. The molecule has 3 aromatic rings. The fourth-order valence-corrected chi connectivity index (χ4v) is 3.24.